The van der Waals surface area contributed by atoms with E-state index < -0.39 is 0 Å². The van der Waals surface area contributed by atoms with E-state index in [2.05, 4.69) is 10.3 Å². The Morgan fingerprint density at radius 2 is 2.24 bits per heavy atom. The van der Waals surface area contributed by atoms with Crippen LogP contribution in [-0.2, 0) is 6.54 Å². The van der Waals surface area contributed by atoms with Gasteiger partial charge in [0.2, 0.25) is 0 Å². The van der Waals surface area contributed by atoms with Crippen LogP contribution in [0, 0.1) is 6.92 Å². The van der Waals surface area contributed by atoms with Gasteiger partial charge in [-0.05, 0) is 25.1 Å². The highest BCUT2D eigenvalue weighted by molar-refractivity contribution is 5.42. The standard InChI is InChI=1S/C13H15N3O/c1-10-4-3-7-16(13(10)17)9-12-8-11(14-2)5-6-15-12/h3-8H,9H2,1-2H3,(H,14,15). The minimum absolute atomic E-state index is 0.0316. The molecule has 2 aromatic rings. The number of anilines is 1. The van der Waals surface area contributed by atoms with Crippen LogP contribution in [0.2, 0.25) is 0 Å². The number of hydrogen-bond donors (Lipinski definition) is 1. The van der Waals surface area contributed by atoms with E-state index in [-0.39, 0.29) is 5.56 Å². The first kappa shape index (κ1) is 11.4. The third-order valence-electron chi connectivity index (χ3n) is 2.65. The summed E-state index contributed by atoms with van der Waals surface area (Å²) in [6, 6.07) is 7.52. The molecule has 0 radical (unpaired) electrons. The predicted octanol–water partition coefficient (Wildman–Crippen LogP) is 1.64. The van der Waals surface area contributed by atoms with Crippen LogP contribution in [0.3, 0.4) is 0 Å². The second kappa shape index (κ2) is 4.82. The summed E-state index contributed by atoms with van der Waals surface area (Å²) in [6.45, 7) is 2.31. The lowest BCUT2D eigenvalue weighted by molar-refractivity contribution is 0.734. The maximum Gasteiger partial charge on any atom is 0.253 e. The number of rotatable bonds is 3. The van der Waals surface area contributed by atoms with Gasteiger partial charge in [0.1, 0.15) is 0 Å². The lowest BCUT2D eigenvalue weighted by Gasteiger charge is -2.07. The highest BCUT2D eigenvalue weighted by atomic mass is 16.1. The number of aromatic nitrogens is 2. The van der Waals surface area contributed by atoms with E-state index in [1.165, 1.54) is 0 Å². The summed E-state index contributed by atoms with van der Waals surface area (Å²) >= 11 is 0. The molecule has 0 unspecified atom stereocenters. The van der Waals surface area contributed by atoms with Gasteiger partial charge in [0.05, 0.1) is 12.2 Å². The van der Waals surface area contributed by atoms with Gasteiger partial charge in [-0.1, -0.05) is 6.07 Å². The minimum atomic E-state index is 0.0316. The molecule has 4 heteroatoms. The van der Waals surface area contributed by atoms with Gasteiger partial charge in [0, 0.05) is 30.7 Å². The van der Waals surface area contributed by atoms with Gasteiger partial charge >= 0.3 is 0 Å². The van der Waals surface area contributed by atoms with Crippen molar-refractivity contribution in [1.29, 1.82) is 0 Å². The van der Waals surface area contributed by atoms with E-state index >= 15 is 0 Å². The zero-order chi connectivity index (χ0) is 12.3. The SMILES string of the molecule is CNc1ccnc(Cn2cccc(C)c2=O)c1. The smallest absolute Gasteiger partial charge is 0.253 e. The van der Waals surface area contributed by atoms with E-state index in [4.69, 9.17) is 0 Å². The summed E-state index contributed by atoms with van der Waals surface area (Å²) < 4.78 is 1.66. The van der Waals surface area contributed by atoms with Gasteiger partial charge < -0.3 is 9.88 Å². The summed E-state index contributed by atoms with van der Waals surface area (Å²) in [5.41, 5.74) is 2.64. The quantitative estimate of drug-likeness (QED) is 0.870. The van der Waals surface area contributed by atoms with Crippen molar-refractivity contribution < 1.29 is 0 Å². The summed E-state index contributed by atoms with van der Waals surface area (Å²) in [7, 11) is 1.86. The number of pyridine rings is 2. The third-order valence-corrected chi connectivity index (χ3v) is 2.65. The highest BCUT2D eigenvalue weighted by Crippen LogP contribution is 2.07. The lowest BCUT2D eigenvalue weighted by Crippen LogP contribution is -2.22. The second-order valence-corrected chi connectivity index (χ2v) is 3.91. The van der Waals surface area contributed by atoms with Crippen LogP contribution in [0.4, 0.5) is 5.69 Å². The van der Waals surface area contributed by atoms with Gasteiger partial charge in [0.15, 0.2) is 0 Å². The average molecular weight is 229 g/mol. The number of aryl methyl sites for hydroxylation is 1. The summed E-state index contributed by atoms with van der Waals surface area (Å²) in [5.74, 6) is 0. The molecular formula is C13H15N3O. The molecule has 2 heterocycles. The van der Waals surface area contributed by atoms with Gasteiger partial charge in [-0.15, -0.1) is 0 Å². The second-order valence-electron chi connectivity index (χ2n) is 3.91. The molecule has 0 bridgehead atoms. The Bertz CT molecular complexity index is 575. The Morgan fingerprint density at radius 1 is 1.41 bits per heavy atom. The first-order chi connectivity index (χ1) is 8.20. The molecule has 0 amide bonds. The first-order valence-electron chi connectivity index (χ1n) is 5.49. The molecule has 2 aromatic heterocycles. The molecule has 0 aromatic carbocycles. The lowest BCUT2D eigenvalue weighted by atomic mass is 10.3. The predicted molar refractivity (Wildman–Crippen MR) is 68.3 cm³/mol. The molecule has 0 fully saturated rings. The van der Waals surface area contributed by atoms with Crippen LogP contribution in [-0.4, -0.2) is 16.6 Å². The number of nitrogens with one attached hydrogen (secondary N) is 1. The Hall–Kier alpha value is -2.10. The molecule has 0 atom stereocenters. The molecule has 0 saturated heterocycles. The van der Waals surface area contributed by atoms with E-state index in [1.54, 1.807) is 17.0 Å². The van der Waals surface area contributed by atoms with Crippen LogP contribution in [0.25, 0.3) is 0 Å². The Balaban J connectivity index is 2.31. The average Bonchev–Trinajstić information content (AvgIpc) is 2.35. The summed E-state index contributed by atoms with van der Waals surface area (Å²) in [6.07, 6.45) is 3.52. The molecule has 0 spiro atoms. The zero-order valence-corrected chi connectivity index (χ0v) is 9.97. The van der Waals surface area contributed by atoms with Crippen LogP contribution in [0.1, 0.15) is 11.3 Å². The van der Waals surface area contributed by atoms with Crippen molar-refractivity contribution in [2.75, 3.05) is 12.4 Å². The Labute approximate surface area is 99.9 Å². The van der Waals surface area contributed by atoms with Crippen molar-refractivity contribution in [3.05, 3.63) is 58.3 Å². The molecule has 0 aliphatic carbocycles. The van der Waals surface area contributed by atoms with Gasteiger partial charge in [-0.3, -0.25) is 9.78 Å². The van der Waals surface area contributed by atoms with E-state index in [0.717, 1.165) is 16.9 Å². The summed E-state index contributed by atoms with van der Waals surface area (Å²) in [4.78, 5) is 16.1. The zero-order valence-electron chi connectivity index (χ0n) is 9.97. The largest absolute Gasteiger partial charge is 0.388 e. The van der Waals surface area contributed by atoms with Crippen molar-refractivity contribution in [3.8, 4) is 0 Å². The van der Waals surface area contributed by atoms with E-state index in [0.29, 0.717) is 6.54 Å². The third kappa shape index (κ3) is 2.53. The minimum Gasteiger partial charge on any atom is -0.388 e. The van der Waals surface area contributed by atoms with E-state index in [1.807, 2.05) is 38.2 Å². The fraction of sp³-hybridized carbons (Fsp3) is 0.231. The van der Waals surface area contributed by atoms with Crippen LogP contribution in [0.15, 0.2) is 41.5 Å². The van der Waals surface area contributed by atoms with Gasteiger partial charge in [0.25, 0.3) is 5.56 Å². The van der Waals surface area contributed by atoms with Gasteiger partial charge in [-0.25, -0.2) is 0 Å². The van der Waals surface area contributed by atoms with E-state index in [9.17, 15) is 4.79 Å². The Morgan fingerprint density at radius 3 is 3.00 bits per heavy atom. The molecule has 17 heavy (non-hydrogen) atoms. The van der Waals surface area contributed by atoms with Crippen molar-refractivity contribution in [3.63, 3.8) is 0 Å². The molecule has 4 nitrogen and oxygen atoms in total. The van der Waals surface area contributed by atoms with Crippen LogP contribution in [0.5, 0.6) is 0 Å². The number of hydrogen-bond acceptors (Lipinski definition) is 3. The molecule has 2 rings (SSSR count). The van der Waals surface area contributed by atoms with Crippen molar-refractivity contribution >= 4 is 5.69 Å². The number of nitrogens with zero attached hydrogens (tertiary/aromatic N) is 2. The van der Waals surface area contributed by atoms with Crippen molar-refractivity contribution in [2.24, 2.45) is 0 Å². The normalized spacial score (nSPS) is 10.2. The molecule has 0 saturated carbocycles. The molecule has 0 aliphatic heterocycles. The fourth-order valence-corrected chi connectivity index (χ4v) is 1.68. The molecule has 0 aliphatic rings. The topological polar surface area (TPSA) is 46.9 Å². The monoisotopic (exact) mass is 229 g/mol. The van der Waals surface area contributed by atoms with Crippen molar-refractivity contribution in [1.82, 2.24) is 9.55 Å². The Kier molecular flexibility index (Phi) is 3.23. The fourth-order valence-electron chi connectivity index (χ4n) is 1.68. The van der Waals surface area contributed by atoms with Crippen LogP contribution < -0.4 is 10.9 Å². The summed E-state index contributed by atoms with van der Waals surface area (Å²) in [5, 5.41) is 3.05. The van der Waals surface area contributed by atoms with Crippen molar-refractivity contribution in [2.45, 2.75) is 13.5 Å². The first-order valence-corrected chi connectivity index (χ1v) is 5.49. The maximum absolute atomic E-state index is 11.8. The maximum atomic E-state index is 11.8. The molecular weight excluding hydrogens is 214 g/mol. The molecule has 1 N–H and O–H groups in total. The van der Waals surface area contributed by atoms with Gasteiger partial charge in [-0.2, -0.15) is 0 Å². The highest BCUT2D eigenvalue weighted by Gasteiger charge is 2.01. The van der Waals surface area contributed by atoms with Crippen LogP contribution >= 0.6 is 0 Å². The molecule has 88 valence electrons.